The predicted molar refractivity (Wildman–Crippen MR) is 162 cm³/mol. The van der Waals surface area contributed by atoms with E-state index in [0.29, 0.717) is 0 Å². The van der Waals surface area contributed by atoms with E-state index < -0.39 is 0 Å². The molecule has 0 N–H and O–H groups in total. The molecular formula is C32H42IP. The Morgan fingerprint density at radius 1 is 0.441 bits per heavy atom. The lowest BCUT2D eigenvalue weighted by atomic mass is 9.66. The largest absolute Gasteiger partial charge is 0.0622 e. The molecule has 3 aromatic carbocycles. The SMILES string of the molecule is IPCCCCCCCCCCCCCC(c1ccccc1)(c1ccccc1)c1ccccc1. The van der Waals surface area contributed by atoms with Crippen molar-refractivity contribution in [2.75, 3.05) is 6.16 Å². The highest BCUT2D eigenvalue weighted by molar-refractivity contribution is 14.2. The molecule has 0 aliphatic heterocycles. The first kappa shape index (κ1) is 27.4. The molecule has 0 saturated heterocycles. The van der Waals surface area contributed by atoms with Crippen molar-refractivity contribution in [3.8, 4) is 0 Å². The lowest BCUT2D eigenvalue weighted by molar-refractivity contribution is 0.492. The van der Waals surface area contributed by atoms with Crippen LogP contribution in [0.1, 0.15) is 93.7 Å². The Bertz CT molecular complexity index is 782. The zero-order valence-electron chi connectivity index (χ0n) is 20.7. The van der Waals surface area contributed by atoms with Gasteiger partial charge in [0, 0.05) is 5.41 Å². The zero-order chi connectivity index (χ0) is 23.7. The van der Waals surface area contributed by atoms with E-state index in [1.807, 2.05) is 0 Å². The first-order chi connectivity index (χ1) is 16.9. The molecule has 1 atom stereocenters. The maximum atomic E-state index is 2.52. The van der Waals surface area contributed by atoms with Crippen LogP contribution in [0.4, 0.5) is 0 Å². The van der Waals surface area contributed by atoms with Crippen LogP contribution in [0.5, 0.6) is 0 Å². The van der Waals surface area contributed by atoms with Crippen molar-refractivity contribution in [2.24, 2.45) is 0 Å². The minimum Gasteiger partial charge on any atom is -0.0622 e. The van der Waals surface area contributed by atoms with Crippen molar-refractivity contribution >= 4 is 28.3 Å². The molecule has 2 heteroatoms. The summed E-state index contributed by atoms with van der Waals surface area (Å²) in [4.78, 5) is 0. The smallest absolute Gasteiger partial charge is 0.0451 e. The van der Waals surface area contributed by atoms with Gasteiger partial charge in [-0.25, -0.2) is 0 Å². The molecular weight excluding hydrogens is 542 g/mol. The monoisotopic (exact) mass is 584 g/mol. The van der Waals surface area contributed by atoms with E-state index in [9.17, 15) is 0 Å². The molecule has 0 spiro atoms. The first-order valence-electron chi connectivity index (χ1n) is 13.4. The summed E-state index contributed by atoms with van der Waals surface area (Å²) in [7, 11) is 0. The summed E-state index contributed by atoms with van der Waals surface area (Å²) >= 11 is 2.52. The first-order valence-corrected chi connectivity index (χ1v) is 17.7. The number of rotatable bonds is 17. The molecule has 3 aromatic rings. The van der Waals surface area contributed by atoms with E-state index in [-0.39, 0.29) is 5.41 Å². The van der Waals surface area contributed by atoms with Gasteiger partial charge in [-0.15, -0.1) is 0 Å². The molecule has 182 valence electrons. The fraction of sp³-hybridized carbons (Fsp3) is 0.438. The molecule has 0 amide bonds. The second-order valence-corrected chi connectivity index (χ2v) is 12.6. The fourth-order valence-electron chi connectivity index (χ4n) is 5.27. The number of hydrogen-bond donors (Lipinski definition) is 0. The molecule has 0 aromatic heterocycles. The summed E-state index contributed by atoms with van der Waals surface area (Å²) in [6.07, 6.45) is 19.1. The Kier molecular flexibility index (Phi) is 13.3. The third kappa shape index (κ3) is 8.49. The van der Waals surface area contributed by atoms with Crippen molar-refractivity contribution in [1.29, 1.82) is 0 Å². The summed E-state index contributed by atoms with van der Waals surface area (Å²) in [5.74, 6) is 0. The van der Waals surface area contributed by atoms with Crippen LogP contribution >= 0.6 is 28.3 Å². The summed E-state index contributed by atoms with van der Waals surface area (Å²) in [5, 5.41) is 0. The Balaban J connectivity index is 1.54. The molecule has 1 unspecified atom stereocenters. The van der Waals surface area contributed by atoms with E-state index in [2.05, 4.69) is 113 Å². The molecule has 34 heavy (non-hydrogen) atoms. The van der Waals surface area contributed by atoms with Crippen LogP contribution in [-0.2, 0) is 5.41 Å². The molecule has 0 nitrogen and oxygen atoms in total. The molecule has 0 saturated carbocycles. The van der Waals surface area contributed by atoms with Crippen LogP contribution in [0.3, 0.4) is 0 Å². The van der Waals surface area contributed by atoms with Gasteiger partial charge in [-0.2, -0.15) is 0 Å². The molecule has 0 aliphatic rings. The van der Waals surface area contributed by atoms with E-state index in [0.717, 1.165) is 12.6 Å². The van der Waals surface area contributed by atoms with Crippen LogP contribution in [0.25, 0.3) is 0 Å². The maximum absolute atomic E-state index is 2.52. The summed E-state index contributed by atoms with van der Waals surface area (Å²) in [5.41, 5.74) is 4.14. The highest BCUT2D eigenvalue weighted by Gasteiger charge is 2.35. The van der Waals surface area contributed by atoms with Gasteiger partial charge in [0.25, 0.3) is 0 Å². The number of unbranched alkanes of at least 4 members (excludes halogenated alkanes) is 10. The second-order valence-electron chi connectivity index (χ2n) is 9.53. The molecule has 0 radical (unpaired) electrons. The van der Waals surface area contributed by atoms with Gasteiger partial charge in [0.1, 0.15) is 0 Å². The van der Waals surface area contributed by atoms with Gasteiger partial charge in [-0.3, -0.25) is 0 Å². The number of hydrogen-bond acceptors (Lipinski definition) is 0. The van der Waals surface area contributed by atoms with Crippen molar-refractivity contribution in [1.82, 2.24) is 0 Å². The lowest BCUT2D eigenvalue weighted by Gasteiger charge is -2.36. The molecule has 0 bridgehead atoms. The average Bonchev–Trinajstić information content (AvgIpc) is 2.91. The Hall–Kier alpha value is -1.18. The van der Waals surface area contributed by atoms with E-state index in [4.69, 9.17) is 0 Å². The van der Waals surface area contributed by atoms with Gasteiger partial charge in [0.15, 0.2) is 0 Å². The normalized spacial score (nSPS) is 11.9. The molecule has 0 heterocycles. The number of halogens is 1. The van der Waals surface area contributed by atoms with Crippen LogP contribution in [0.2, 0.25) is 0 Å². The number of benzene rings is 3. The summed E-state index contributed by atoms with van der Waals surface area (Å²) in [6, 6.07) is 33.5. The quantitative estimate of drug-likeness (QED) is 0.0641. The second kappa shape index (κ2) is 16.5. The topological polar surface area (TPSA) is 0 Å². The fourth-order valence-corrected chi connectivity index (χ4v) is 6.80. The minimum atomic E-state index is -0.0818. The summed E-state index contributed by atoms with van der Waals surface area (Å²) in [6.45, 7) is 0. The third-order valence-corrected chi connectivity index (χ3v) is 9.28. The third-order valence-electron chi connectivity index (χ3n) is 7.12. The van der Waals surface area contributed by atoms with Crippen LogP contribution in [0, 0.1) is 0 Å². The van der Waals surface area contributed by atoms with Gasteiger partial charge < -0.3 is 0 Å². The van der Waals surface area contributed by atoms with E-state index in [1.54, 1.807) is 0 Å². The predicted octanol–water partition coefficient (Wildman–Crippen LogP) is 10.7. The van der Waals surface area contributed by atoms with Gasteiger partial charge in [-0.05, 0) is 35.7 Å². The Labute approximate surface area is 223 Å². The van der Waals surface area contributed by atoms with Crippen LogP contribution < -0.4 is 0 Å². The van der Waals surface area contributed by atoms with Gasteiger partial charge >= 0.3 is 0 Å². The zero-order valence-corrected chi connectivity index (χ0v) is 23.9. The Morgan fingerprint density at radius 2 is 0.765 bits per heavy atom. The van der Waals surface area contributed by atoms with Crippen LogP contribution in [0.15, 0.2) is 91.0 Å². The highest BCUT2D eigenvalue weighted by atomic mass is 127. The average molecular weight is 585 g/mol. The summed E-state index contributed by atoms with van der Waals surface area (Å²) < 4.78 is 0. The molecule has 0 aliphatic carbocycles. The lowest BCUT2D eigenvalue weighted by Crippen LogP contribution is -2.29. The van der Waals surface area contributed by atoms with Gasteiger partial charge in [0.05, 0.1) is 0 Å². The highest BCUT2D eigenvalue weighted by Crippen LogP contribution is 2.43. The van der Waals surface area contributed by atoms with Crippen molar-refractivity contribution < 1.29 is 0 Å². The van der Waals surface area contributed by atoms with Crippen LogP contribution in [-0.4, -0.2) is 6.16 Å². The van der Waals surface area contributed by atoms with E-state index in [1.165, 1.54) is 93.5 Å². The minimum absolute atomic E-state index is 0.0818. The van der Waals surface area contributed by atoms with E-state index >= 15 is 0 Å². The van der Waals surface area contributed by atoms with Crippen molar-refractivity contribution in [2.45, 2.75) is 82.5 Å². The maximum Gasteiger partial charge on any atom is 0.0451 e. The van der Waals surface area contributed by atoms with Gasteiger partial charge in [-0.1, -0.05) is 183 Å². The Morgan fingerprint density at radius 3 is 1.12 bits per heavy atom. The standard InChI is InChI=1S/C32H42IP/c33-34-28-20-9-7-5-3-1-2-4-6-8-19-27-32(29-21-13-10-14-22-29,30-23-15-11-16-24-30)31-25-17-12-18-26-31/h10-18,21-26,34H,1-9,19-20,27-28H2. The van der Waals surface area contributed by atoms with Crippen molar-refractivity contribution in [3.63, 3.8) is 0 Å². The van der Waals surface area contributed by atoms with Crippen molar-refractivity contribution in [3.05, 3.63) is 108 Å². The molecule has 3 rings (SSSR count). The molecule has 0 fully saturated rings. The van der Waals surface area contributed by atoms with Gasteiger partial charge in [0.2, 0.25) is 0 Å².